The standard InChI is InChI=1S/C17H15F5N2O3S/c1-24(9-10-5-6-12(27-16(18)19)13(8-10)26-2)15(25)11-4-3-7-23-14(11)28-17(20,21)22/h3-8,16H,9H2,1-2H3. The van der Waals surface area contributed by atoms with Crippen LogP contribution in [0.3, 0.4) is 0 Å². The molecule has 2 aromatic rings. The number of halogens is 5. The summed E-state index contributed by atoms with van der Waals surface area (Å²) in [6.07, 6.45) is 1.16. The summed E-state index contributed by atoms with van der Waals surface area (Å²) in [5.41, 5.74) is -4.28. The number of thioether (sulfide) groups is 1. The molecular weight excluding hydrogens is 407 g/mol. The fourth-order valence-electron chi connectivity index (χ4n) is 2.30. The Kier molecular flexibility index (Phi) is 7.05. The molecule has 152 valence electrons. The van der Waals surface area contributed by atoms with Crippen LogP contribution in [0.15, 0.2) is 41.6 Å². The van der Waals surface area contributed by atoms with Crippen molar-refractivity contribution in [2.45, 2.75) is 23.7 Å². The minimum Gasteiger partial charge on any atom is -0.493 e. The van der Waals surface area contributed by atoms with Crippen LogP contribution in [0, 0.1) is 0 Å². The fourth-order valence-corrected chi connectivity index (χ4v) is 2.90. The van der Waals surface area contributed by atoms with Crippen molar-refractivity contribution >= 4 is 17.7 Å². The lowest BCUT2D eigenvalue weighted by Gasteiger charge is -2.20. The Balaban J connectivity index is 2.19. The number of pyridine rings is 1. The SMILES string of the molecule is COc1cc(CN(C)C(=O)c2cccnc2SC(F)(F)F)ccc1OC(F)F. The fraction of sp³-hybridized carbons (Fsp3) is 0.294. The van der Waals surface area contributed by atoms with Crippen molar-refractivity contribution in [2.24, 2.45) is 0 Å². The summed E-state index contributed by atoms with van der Waals surface area (Å²) < 4.78 is 72.1. The molecule has 0 saturated heterocycles. The number of ether oxygens (including phenoxy) is 2. The third kappa shape index (κ3) is 5.98. The first kappa shape index (κ1) is 21.7. The molecular formula is C17H15F5N2O3S. The van der Waals surface area contributed by atoms with Gasteiger partial charge in [0, 0.05) is 31.6 Å². The normalized spacial score (nSPS) is 11.4. The Morgan fingerprint density at radius 3 is 2.57 bits per heavy atom. The van der Waals surface area contributed by atoms with Gasteiger partial charge in [0.05, 0.1) is 12.7 Å². The van der Waals surface area contributed by atoms with Gasteiger partial charge in [0.15, 0.2) is 11.5 Å². The molecule has 0 saturated carbocycles. The molecule has 0 unspecified atom stereocenters. The Morgan fingerprint density at radius 2 is 1.96 bits per heavy atom. The Labute approximate surface area is 161 Å². The van der Waals surface area contributed by atoms with Gasteiger partial charge < -0.3 is 14.4 Å². The van der Waals surface area contributed by atoms with Gasteiger partial charge in [0.1, 0.15) is 5.03 Å². The number of alkyl halides is 5. The molecule has 1 amide bonds. The number of benzene rings is 1. The van der Waals surface area contributed by atoms with E-state index in [0.717, 1.165) is 6.20 Å². The number of hydrogen-bond donors (Lipinski definition) is 0. The number of methoxy groups -OCH3 is 1. The molecule has 1 aromatic carbocycles. The van der Waals surface area contributed by atoms with Crippen LogP contribution in [0.2, 0.25) is 0 Å². The van der Waals surface area contributed by atoms with E-state index in [9.17, 15) is 26.7 Å². The molecule has 2 rings (SSSR count). The van der Waals surface area contributed by atoms with E-state index in [2.05, 4.69) is 9.72 Å². The highest BCUT2D eigenvalue weighted by atomic mass is 32.2. The molecule has 0 spiro atoms. The van der Waals surface area contributed by atoms with Crippen LogP contribution in [-0.2, 0) is 6.54 Å². The summed E-state index contributed by atoms with van der Waals surface area (Å²) in [4.78, 5) is 17.4. The average molecular weight is 422 g/mol. The minimum atomic E-state index is -4.59. The number of hydrogen-bond acceptors (Lipinski definition) is 5. The zero-order valence-electron chi connectivity index (χ0n) is 14.7. The van der Waals surface area contributed by atoms with Crippen molar-refractivity contribution in [3.05, 3.63) is 47.7 Å². The Morgan fingerprint density at radius 1 is 1.25 bits per heavy atom. The third-order valence-corrected chi connectivity index (χ3v) is 4.17. The van der Waals surface area contributed by atoms with Crippen LogP contribution in [0.5, 0.6) is 11.5 Å². The lowest BCUT2D eigenvalue weighted by molar-refractivity contribution is -0.0512. The summed E-state index contributed by atoms with van der Waals surface area (Å²) in [5, 5.41) is -0.454. The lowest BCUT2D eigenvalue weighted by Crippen LogP contribution is -2.27. The molecule has 0 atom stereocenters. The predicted octanol–water partition coefficient (Wildman–Crippen LogP) is 4.58. The summed E-state index contributed by atoms with van der Waals surface area (Å²) in [6.45, 7) is -3.03. The first-order chi connectivity index (χ1) is 13.1. The van der Waals surface area contributed by atoms with Crippen LogP contribution in [0.4, 0.5) is 22.0 Å². The molecule has 0 fully saturated rings. The van der Waals surface area contributed by atoms with E-state index >= 15 is 0 Å². The Hall–Kier alpha value is -2.56. The van der Waals surface area contributed by atoms with Gasteiger partial charge in [-0.15, -0.1) is 0 Å². The largest absolute Gasteiger partial charge is 0.493 e. The summed E-state index contributed by atoms with van der Waals surface area (Å²) in [6, 6.07) is 6.71. The van der Waals surface area contributed by atoms with Crippen LogP contribution < -0.4 is 9.47 Å². The molecule has 0 aliphatic heterocycles. The molecule has 0 N–H and O–H groups in total. The first-order valence-corrected chi connectivity index (χ1v) is 8.50. The maximum absolute atomic E-state index is 12.7. The second-order valence-electron chi connectivity index (χ2n) is 5.43. The average Bonchev–Trinajstić information content (AvgIpc) is 2.61. The van der Waals surface area contributed by atoms with Gasteiger partial charge in [0.25, 0.3) is 5.91 Å². The van der Waals surface area contributed by atoms with Crippen molar-refractivity contribution in [3.8, 4) is 11.5 Å². The van der Waals surface area contributed by atoms with E-state index in [-0.39, 0.29) is 23.6 Å². The predicted molar refractivity (Wildman–Crippen MR) is 91.6 cm³/mol. The van der Waals surface area contributed by atoms with E-state index in [4.69, 9.17) is 4.74 Å². The van der Waals surface area contributed by atoms with Crippen molar-refractivity contribution in [3.63, 3.8) is 0 Å². The van der Waals surface area contributed by atoms with E-state index in [1.54, 1.807) is 0 Å². The molecule has 5 nitrogen and oxygen atoms in total. The highest BCUT2D eigenvalue weighted by Gasteiger charge is 2.32. The van der Waals surface area contributed by atoms with Gasteiger partial charge in [-0.2, -0.15) is 22.0 Å². The van der Waals surface area contributed by atoms with Gasteiger partial charge in [-0.05, 0) is 29.8 Å². The van der Waals surface area contributed by atoms with Crippen molar-refractivity contribution in [1.82, 2.24) is 9.88 Å². The number of amides is 1. The van der Waals surface area contributed by atoms with Crippen LogP contribution in [0.1, 0.15) is 15.9 Å². The Bertz CT molecular complexity index is 833. The molecule has 1 aromatic heterocycles. The highest BCUT2D eigenvalue weighted by Crippen LogP contribution is 2.37. The van der Waals surface area contributed by atoms with Crippen LogP contribution >= 0.6 is 11.8 Å². The zero-order chi connectivity index (χ0) is 20.9. The quantitative estimate of drug-likeness (QED) is 0.483. The number of nitrogens with zero attached hydrogens (tertiary/aromatic N) is 2. The molecule has 11 heteroatoms. The lowest BCUT2D eigenvalue weighted by atomic mass is 10.1. The van der Waals surface area contributed by atoms with Gasteiger partial charge in [-0.3, -0.25) is 4.79 Å². The summed E-state index contributed by atoms with van der Waals surface area (Å²) in [5.74, 6) is -0.814. The van der Waals surface area contributed by atoms with Crippen molar-refractivity contribution < 1.29 is 36.2 Å². The smallest absolute Gasteiger partial charge is 0.447 e. The molecule has 1 heterocycles. The minimum absolute atomic E-state index is 0.00479. The monoisotopic (exact) mass is 422 g/mol. The second-order valence-corrected chi connectivity index (χ2v) is 6.48. The van der Waals surface area contributed by atoms with Crippen molar-refractivity contribution in [2.75, 3.05) is 14.2 Å². The van der Waals surface area contributed by atoms with E-state index in [1.165, 1.54) is 49.4 Å². The number of rotatable bonds is 7. The molecule has 0 bridgehead atoms. The molecule has 28 heavy (non-hydrogen) atoms. The summed E-state index contributed by atoms with van der Waals surface area (Å²) in [7, 11) is 2.66. The summed E-state index contributed by atoms with van der Waals surface area (Å²) >= 11 is -0.473. The first-order valence-electron chi connectivity index (χ1n) is 7.68. The van der Waals surface area contributed by atoms with E-state index < -0.39 is 34.8 Å². The zero-order valence-corrected chi connectivity index (χ0v) is 15.5. The molecule has 0 radical (unpaired) electrons. The number of carbonyl (C=O) groups excluding carboxylic acids is 1. The van der Waals surface area contributed by atoms with Gasteiger partial charge in [-0.25, -0.2) is 4.98 Å². The van der Waals surface area contributed by atoms with E-state index in [1.807, 2.05) is 0 Å². The third-order valence-electron chi connectivity index (χ3n) is 3.42. The van der Waals surface area contributed by atoms with E-state index in [0.29, 0.717) is 5.56 Å². The van der Waals surface area contributed by atoms with Gasteiger partial charge in [-0.1, -0.05) is 6.07 Å². The van der Waals surface area contributed by atoms with Crippen LogP contribution in [-0.4, -0.2) is 42.1 Å². The molecule has 0 aliphatic rings. The number of aromatic nitrogens is 1. The molecule has 0 aliphatic carbocycles. The topological polar surface area (TPSA) is 51.7 Å². The van der Waals surface area contributed by atoms with Gasteiger partial charge >= 0.3 is 12.1 Å². The van der Waals surface area contributed by atoms with Crippen LogP contribution in [0.25, 0.3) is 0 Å². The number of carbonyl (C=O) groups is 1. The highest BCUT2D eigenvalue weighted by molar-refractivity contribution is 8.00. The second kappa shape index (κ2) is 9.09. The maximum Gasteiger partial charge on any atom is 0.447 e. The maximum atomic E-state index is 12.7. The van der Waals surface area contributed by atoms with Crippen molar-refractivity contribution in [1.29, 1.82) is 0 Å². The van der Waals surface area contributed by atoms with Gasteiger partial charge in [0.2, 0.25) is 0 Å².